The van der Waals surface area contributed by atoms with Crippen LogP contribution in [-0.4, -0.2) is 23.1 Å². The third kappa shape index (κ3) is 31.8. The van der Waals surface area contributed by atoms with Gasteiger partial charge in [-0.05, 0) is 77.0 Å². The number of allylic oxidation sites excluding steroid dienone is 12. The molecule has 1 atom stereocenters. The highest BCUT2D eigenvalue weighted by molar-refractivity contribution is 5.69. The van der Waals surface area contributed by atoms with Gasteiger partial charge in [0.15, 0.2) is 0 Å². The monoisotopic (exact) mass is 568 g/mol. The maximum atomic E-state index is 12.4. The van der Waals surface area contributed by atoms with Crippen molar-refractivity contribution in [2.75, 3.05) is 0 Å². The highest BCUT2D eigenvalue weighted by atomic mass is 16.5. The summed E-state index contributed by atoms with van der Waals surface area (Å²) in [6.45, 7) is 4.35. The second-order valence-corrected chi connectivity index (χ2v) is 10.6. The number of unbranched alkanes of at least 4 members (excludes halogenated alkanes) is 7. The Hall–Kier alpha value is -2.62. The van der Waals surface area contributed by atoms with Crippen molar-refractivity contribution < 1.29 is 19.4 Å². The highest BCUT2D eigenvalue weighted by Crippen LogP contribution is 2.17. The summed E-state index contributed by atoms with van der Waals surface area (Å²) in [5, 5.41) is 8.70. The van der Waals surface area contributed by atoms with Gasteiger partial charge in [0.25, 0.3) is 0 Å². The number of carboxylic acids is 1. The maximum Gasteiger partial charge on any atom is 0.306 e. The molecule has 0 bridgehead atoms. The first-order chi connectivity index (χ1) is 20.1. The fourth-order valence-corrected chi connectivity index (χ4v) is 4.33. The first-order valence-electron chi connectivity index (χ1n) is 16.4. The van der Waals surface area contributed by atoms with Gasteiger partial charge in [-0.15, -0.1) is 0 Å². The van der Waals surface area contributed by atoms with E-state index in [-0.39, 0.29) is 18.5 Å². The Morgan fingerprint density at radius 3 is 1.49 bits per heavy atom. The predicted molar refractivity (Wildman–Crippen MR) is 176 cm³/mol. The van der Waals surface area contributed by atoms with Gasteiger partial charge >= 0.3 is 11.9 Å². The van der Waals surface area contributed by atoms with Crippen LogP contribution in [0.4, 0.5) is 0 Å². The fourth-order valence-electron chi connectivity index (χ4n) is 4.33. The van der Waals surface area contributed by atoms with Gasteiger partial charge in [0.1, 0.15) is 6.10 Å². The largest absolute Gasteiger partial charge is 0.481 e. The molecule has 0 aliphatic heterocycles. The number of rotatable bonds is 28. The summed E-state index contributed by atoms with van der Waals surface area (Å²) in [5.74, 6) is -0.790. The average Bonchev–Trinajstić information content (AvgIpc) is 2.95. The Labute approximate surface area is 252 Å². The summed E-state index contributed by atoms with van der Waals surface area (Å²) in [4.78, 5) is 23.0. The van der Waals surface area contributed by atoms with E-state index in [0.717, 1.165) is 103 Å². The minimum atomic E-state index is -0.706. The molecule has 41 heavy (non-hydrogen) atoms. The normalized spacial score (nSPS) is 13.2. The first-order valence-corrected chi connectivity index (χ1v) is 16.4. The average molecular weight is 569 g/mol. The summed E-state index contributed by atoms with van der Waals surface area (Å²) >= 11 is 0. The van der Waals surface area contributed by atoms with Crippen LogP contribution >= 0.6 is 0 Å². The van der Waals surface area contributed by atoms with Crippen molar-refractivity contribution in [3.8, 4) is 0 Å². The molecule has 0 aromatic carbocycles. The van der Waals surface area contributed by atoms with E-state index >= 15 is 0 Å². The van der Waals surface area contributed by atoms with Gasteiger partial charge in [-0.25, -0.2) is 0 Å². The summed E-state index contributed by atoms with van der Waals surface area (Å²) in [6, 6.07) is 0. The SMILES string of the molecule is CC/C=C\C/C=C\C/C=C\C/C=C\C/C=C\C/C=C\CCC(=O)OC(CCCCC)CCCCCCCCC(=O)O. The third-order valence-corrected chi connectivity index (χ3v) is 6.71. The van der Waals surface area contributed by atoms with E-state index < -0.39 is 5.97 Å². The number of carbonyl (C=O) groups is 2. The van der Waals surface area contributed by atoms with Crippen molar-refractivity contribution in [3.63, 3.8) is 0 Å². The number of ether oxygens (including phenoxy) is 1. The molecular formula is C37H60O4. The number of hydrogen-bond acceptors (Lipinski definition) is 3. The predicted octanol–water partition coefficient (Wildman–Crippen LogP) is 11.2. The summed E-state index contributed by atoms with van der Waals surface area (Å²) in [7, 11) is 0. The Balaban J connectivity index is 3.96. The molecule has 4 nitrogen and oxygen atoms in total. The van der Waals surface area contributed by atoms with E-state index in [1.807, 2.05) is 0 Å². The van der Waals surface area contributed by atoms with E-state index in [2.05, 4.69) is 86.8 Å². The molecule has 0 amide bonds. The molecule has 4 heteroatoms. The van der Waals surface area contributed by atoms with E-state index in [1.54, 1.807) is 0 Å². The summed E-state index contributed by atoms with van der Waals surface area (Å²) in [5.41, 5.74) is 0. The number of hydrogen-bond donors (Lipinski definition) is 1. The smallest absolute Gasteiger partial charge is 0.306 e. The van der Waals surface area contributed by atoms with E-state index in [9.17, 15) is 9.59 Å². The van der Waals surface area contributed by atoms with E-state index in [4.69, 9.17) is 9.84 Å². The molecule has 0 saturated heterocycles. The van der Waals surface area contributed by atoms with Crippen molar-refractivity contribution in [2.24, 2.45) is 0 Å². The Morgan fingerprint density at radius 1 is 0.561 bits per heavy atom. The van der Waals surface area contributed by atoms with Gasteiger partial charge in [-0.3, -0.25) is 9.59 Å². The molecule has 0 aromatic heterocycles. The second-order valence-electron chi connectivity index (χ2n) is 10.6. The van der Waals surface area contributed by atoms with Crippen LogP contribution in [0.2, 0.25) is 0 Å². The van der Waals surface area contributed by atoms with Crippen LogP contribution in [0.5, 0.6) is 0 Å². The Morgan fingerprint density at radius 2 is 1.00 bits per heavy atom. The molecule has 0 heterocycles. The zero-order chi connectivity index (χ0) is 30.1. The molecule has 232 valence electrons. The van der Waals surface area contributed by atoms with Crippen molar-refractivity contribution in [3.05, 3.63) is 72.9 Å². The van der Waals surface area contributed by atoms with Crippen molar-refractivity contribution >= 4 is 11.9 Å². The molecule has 0 fully saturated rings. The molecule has 0 saturated carbocycles. The van der Waals surface area contributed by atoms with Gasteiger partial charge < -0.3 is 9.84 Å². The lowest BCUT2D eigenvalue weighted by atomic mass is 10.0. The van der Waals surface area contributed by atoms with E-state index in [1.165, 1.54) is 12.8 Å². The quantitative estimate of drug-likeness (QED) is 0.0579. The fraction of sp³-hybridized carbons (Fsp3) is 0.622. The highest BCUT2D eigenvalue weighted by Gasteiger charge is 2.13. The van der Waals surface area contributed by atoms with Crippen molar-refractivity contribution in [2.45, 2.75) is 148 Å². The lowest BCUT2D eigenvalue weighted by molar-refractivity contribution is -0.149. The molecule has 0 aliphatic rings. The number of carboxylic acid groups (broad SMARTS) is 1. The zero-order valence-corrected chi connectivity index (χ0v) is 26.3. The molecular weight excluding hydrogens is 508 g/mol. The van der Waals surface area contributed by atoms with Crippen molar-refractivity contribution in [1.29, 1.82) is 0 Å². The molecule has 1 N–H and O–H groups in total. The second kappa shape index (κ2) is 31.9. The zero-order valence-electron chi connectivity index (χ0n) is 26.3. The molecule has 0 spiro atoms. The minimum Gasteiger partial charge on any atom is -0.481 e. The number of esters is 1. The molecule has 0 radical (unpaired) electrons. The van der Waals surface area contributed by atoms with Gasteiger partial charge in [-0.2, -0.15) is 0 Å². The van der Waals surface area contributed by atoms with Crippen LogP contribution in [0.15, 0.2) is 72.9 Å². The molecule has 0 aliphatic carbocycles. The lowest BCUT2D eigenvalue weighted by Gasteiger charge is -2.18. The first kappa shape index (κ1) is 38.4. The van der Waals surface area contributed by atoms with Gasteiger partial charge in [0.05, 0.1) is 0 Å². The van der Waals surface area contributed by atoms with Gasteiger partial charge in [-0.1, -0.05) is 125 Å². The van der Waals surface area contributed by atoms with Gasteiger partial charge in [0, 0.05) is 12.8 Å². The Kier molecular flexibility index (Phi) is 29.9. The third-order valence-electron chi connectivity index (χ3n) is 6.71. The molecule has 0 aromatic rings. The topological polar surface area (TPSA) is 63.6 Å². The van der Waals surface area contributed by atoms with E-state index in [0.29, 0.717) is 6.42 Å². The summed E-state index contributed by atoms with van der Waals surface area (Å²) < 4.78 is 5.84. The van der Waals surface area contributed by atoms with Crippen LogP contribution in [0.3, 0.4) is 0 Å². The maximum absolute atomic E-state index is 12.4. The van der Waals surface area contributed by atoms with Gasteiger partial charge in [0.2, 0.25) is 0 Å². The molecule has 1 unspecified atom stereocenters. The lowest BCUT2D eigenvalue weighted by Crippen LogP contribution is -2.18. The van der Waals surface area contributed by atoms with Crippen molar-refractivity contribution in [1.82, 2.24) is 0 Å². The van der Waals surface area contributed by atoms with Crippen LogP contribution in [0.25, 0.3) is 0 Å². The standard InChI is InChI=1S/C37H60O4/c1-3-5-7-8-9-10-11-12-13-14-15-16-17-18-19-20-21-26-30-34-37(40)41-35(31-27-6-4-2)32-28-24-22-23-25-29-33-36(38)39/h5,7,9-10,12-13,15-16,18-19,21,26,35H,3-4,6,8,11,14,17,20,22-25,27-34H2,1-2H3,(H,38,39)/b7-5-,10-9-,13-12-,16-15-,19-18-,26-21-. The van der Waals surface area contributed by atoms with Crippen LogP contribution in [0.1, 0.15) is 142 Å². The van der Waals surface area contributed by atoms with Crippen LogP contribution in [0, 0.1) is 0 Å². The number of aliphatic carboxylic acids is 1. The Bertz CT molecular complexity index is 785. The number of carbonyl (C=O) groups excluding carboxylic acids is 1. The molecule has 0 rings (SSSR count). The van der Waals surface area contributed by atoms with Crippen LogP contribution in [-0.2, 0) is 14.3 Å². The minimum absolute atomic E-state index is 0.0336. The summed E-state index contributed by atoms with van der Waals surface area (Å²) in [6.07, 6.45) is 45.1. The van der Waals surface area contributed by atoms with Crippen LogP contribution < -0.4 is 0 Å².